The number of carboxylic acid groups (broad SMARTS) is 1. The van der Waals surface area contributed by atoms with Crippen molar-refractivity contribution < 1.29 is 29.4 Å². The molecule has 0 spiro atoms. The number of ether oxygens (including phenoxy) is 1. The van der Waals surface area contributed by atoms with E-state index in [1.165, 1.54) is 5.06 Å². The molecule has 2 N–H and O–H groups in total. The molecule has 0 radical (unpaired) electrons. The molecule has 200 valence electrons. The maximum absolute atomic E-state index is 13.3. The fraction of sp³-hybridized carbons (Fsp3) is 0.517. The van der Waals surface area contributed by atoms with E-state index in [1.807, 2.05) is 55.1 Å². The number of aliphatic carboxylic acids is 1. The molecular formula is C29H38N2O6. The van der Waals surface area contributed by atoms with Crippen molar-refractivity contribution in [2.75, 3.05) is 32.8 Å². The van der Waals surface area contributed by atoms with Crippen LogP contribution in [0.1, 0.15) is 54.9 Å². The SMILES string of the molecule is CCCON(CCC)C(=O)CN1C[C@H](c2ccc3c(c2)CCO3)[C@@H](C(=O)O)[C@@H]1Cc1ccccc1CO. The number of carbonyl (C=O) groups is 2. The zero-order valence-corrected chi connectivity index (χ0v) is 21.8. The molecule has 2 heterocycles. The Labute approximate surface area is 218 Å². The Kier molecular flexibility index (Phi) is 9.18. The van der Waals surface area contributed by atoms with E-state index in [-0.39, 0.29) is 25.0 Å². The Morgan fingerprint density at radius 3 is 2.62 bits per heavy atom. The average molecular weight is 511 g/mol. The van der Waals surface area contributed by atoms with Crippen LogP contribution >= 0.6 is 0 Å². The van der Waals surface area contributed by atoms with Gasteiger partial charge in [0, 0.05) is 31.5 Å². The molecule has 0 unspecified atom stereocenters. The molecule has 0 aliphatic carbocycles. The molecule has 3 atom stereocenters. The van der Waals surface area contributed by atoms with Crippen molar-refractivity contribution in [2.24, 2.45) is 5.92 Å². The standard InChI is InChI=1S/C29H38N2O6/c1-3-12-31(37-13-4-2)27(33)18-30-17-24(21-9-10-26-22(15-21)11-14-36-26)28(29(34)35)25(30)16-20-7-5-6-8-23(20)19-32/h5-10,15,24-25,28,32H,3-4,11-14,16-19H2,1-2H3,(H,34,35)/t24-,25+,28-/m1/s1. The van der Waals surface area contributed by atoms with E-state index < -0.39 is 17.9 Å². The quantitative estimate of drug-likeness (QED) is 0.422. The summed E-state index contributed by atoms with van der Waals surface area (Å²) in [4.78, 5) is 33.8. The van der Waals surface area contributed by atoms with E-state index in [0.717, 1.165) is 47.3 Å². The zero-order valence-electron chi connectivity index (χ0n) is 21.8. The second kappa shape index (κ2) is 12.5. The van der Waals surface area contributed by atoms with Crippen molar-refractivity contribution in [3.05, 3.63) is 64.7 Å². The predicted molar refractivity (Wildman–Crippen MR) is 139 cm³/mol. The minimum atomic E-state index is -0.879. The van der Waals surface area contributed by atoms with Crippen LogP contribution in [0.5, 0.6) is 5.75 Å². The van der Waals surface area contributed by atoms with Crippen LogP contribution in [0, 0.1) is 5.92 Å². The summed E-state index contributed by atoms with van der Waals surface area (Å²) in [6, 6.07) is 13.1. The molecule has 0 saturated carbocycles. The molecular weight excluding hydrogens is 472 g/mol. The summed E-state index contributed by atoms with van der Waals surface area (Å²) >= 11 is 0. The molecule has 2 aliphatic rings. The summed E-state index contributed by atoms with van der Waals surface area (Å²) in [6.07, 6.45) is 2.79. The molecule has 4 rings (SSSR count). The van der Waals surface area contributed by atoms with E-state index in [0.29, 0.717) is 32.7 Å². The van der Waals surface area contributed by atoms with Crippen LogP contribution in [0.4, 0.5) is 0 Å². The monoisotopic (exact) mass is 510 g/mol. The lowest BCUT2D eigenvalue weighted by molar-refractivity contribution is -0.188. The highest BCUT2D eigenvalue weighted by molar-refractivity contribution is 5.78. The molecule has 0 aromatic heterocycles. The summed E-state index contributed by atoms with van der Waals surface area (Å²) in [5, 5.41) is 21.8. The molecule has 2 aromatic rings. The highest BCUT2D eigenvalue weighted by Gasteiger charge is 2.47. The molecule has 0 bridgehead atoms. The summed E-state index contributed by atoms with van der Waals surface area (Å²) in [6.45, 7) is 5.96. The number of hydroxylamine groups is 2. The van der Waals surface area contributed by atoms with Gasteiger partial charge in [-0.1, -0.05) is 50.2 Å². The van der Waals surface area contributed by atoms with Crippen molar-refractivity contribution >= 4 is 11.9 Å². The molecule has 1 amide bonds. The first-order chi connectivity index (χ1) is 18.0. The van der Waals surface area contributed by atoms with Gasteiger partial charge in [0.15, 0.2) is 0 Å². The fourth-order valence-electron chi connectivity index (χ4n) is 5.58. The zero-order chi connectivity index (χ0) is 26.4. The van der Waals surface area contributed by atoms with Crippen LogP contribution < -0.4 is 4.74 Å². The Morgan fingerprint density at radius 1 is 1.14 bits per heavy atom. The fourth-order valence-corrected chi connectivity index (χ4v) is 5.58. The van der Waals surface area contributed by atoms with Gasteiger partial charge in [-0.25, -0.2) is 5.06 Å². The number of benzene rings is 2. The average Bonchev–Trinajstić information content (AvgIpc) is 3.51. The first-order valence-corrected chi connectivity index (χ1v) is 13.3. The van der Waals surface area contributed by atoms with Crippen LogP contribution in [-0.2, 0) is 33.9 Å². The number of nitrogens with zero attached hydrogens (tertiary/aromatic N) is 2. The largest absolute Gasteiger partial charge is 0.493 e. The number of hydrogen-bond donors (Lipinski definition) is 2. The summed E-state index contributed by atoms with van der Waals surface area (Å²) in [5.74, 6) is -1.18. The Morgan fingerprint density at radius 2 is 1.92 bits per heavy atom. The van der Waals surface area contributed by atoms with Crippen molar-refractivity contribution in [1.82, 2.24) is 9.96 Å². The van der Waals surface area contributed by atoms with Crippen molar-refractivity contribution in [3.8, 4) is 5.75 Å². The van der Waals surface area contributed by atoms with Gasteiger partial charge in [0.2, 0.25) is 0 Å². The van der Waals surface area contributed by atoms with Crippen LogP contribution in [0.3, 0.4) is 0 Å². The van der Waals surface area contributed by atoms with Gasteiger partial charge in [0.25, 0.3) is 5.91 Å². The number of fused-ring (bicyclic) bond motifs is 1. The molecule has 1 fully saturated rings. The Hall–Kier alpha value is -2.94. The van der Waals surface area contributed by atoms with Crippen molar-refractivity contribution in [3.63, 3.8) is 0 Å². The smallest absolute Gasteiger partial charge is 0.308 e. The predicted octanol–water partition coefficient (Wildman–Crippen LogP) is 3.41. The summed E-state index contributed by atoms with van der Waals surface area (Å²) < 4.78 is 5.66. The van der Waals surface area contributed by atoms with Crippen LogP contribution in [-0.4, -0.2) is 70.9 Å². The summed E-state index contributed by atoms with van der Waals surface area (Å²) in [7, 11) is 0. The lowest BCUT2D eigenvalue weighted by atomic mass is 9.82. The van der Waals surface area contributed by atoms with Gasteiger partial charge < -0.3 is 14.9 Å². The normalized spacial score (nSPS) is 21.0. The number of carboxylic acids is 1. The van der Waals surface area contributed by atoms with E-state index in [1.54, 1.807) is 0 Å². The number of aliphatic hydroxyl groups is 1. The number of carbonyl (C=O) groups excluding carboxylic acids is 1. The first kappa shape index (κ1) is 27.1. The minimum Gasteiger partial charge on any atom is -0.493 e. The highest BCUT2D eigenvalue weighted by atomic mass is 16.7. The number of aliphatic hydroxyl groups excluding tert-OH is 1. The lowest BCUT2D eigenvalue weighted by Crippen LogP contribution is -2.45. The third kappa shape index (κ3) is 6.14. The molecule has 8 heteroatoms. The van der Waals surface area contributed by atoms with E-state index in [4.69, 9.17) is 9.57 Å². The number of amides is 1. The van der Waals surface area contributed by atoms with Crippen LogP contribution in [0.25, 0.3) is 0 Å². The second-order valence-corrected chi connectivity index (χ2v) is 9.89. The maximum Gasteiger partial charge on any atom is 0.308 e. The number of likely N-dealkylation sites (tertiary alicyclic amines) is 1. The number of hydrogen-bond acceptors (Lipinski definition) is 6. The second-order valence-electron chi connectivity index (χ2n) is 9.89. The minimum absolute atomic E-state index is 0.0734. The van der Waals surface area contributed by atoms with Gasteiger partial charge in [0.05, 0.1) is 32.3 Å². The van der Waals surface area contributed by atoms with E-state index >= 15 is 0 Å². The number of rotatable bonds is 12. The van der Waals surface area contributed by atoms with Gasteiger partial charge in [-0.05, 0) is 47.6 Å². The van der Waals surface area contributed by atoms with E-state index in [9.17, 15) is 19.8 Å². The highest BCUT2D eigenvalue weighted by Crippen LogP contribution is 2.41. The topological polar surface area (TPSA) is 99.5 Å². The van der Waals surface area contributed by atoms with E-state index in [2.05, 4.69) is 6.07 Å². The molecule has 8 nitrogen and oxygen atoms in total. The van der Waals surface area contributed by atoms with Crippen LogP contribution in [0.2, 0.25) is 0 Å². The third-order valence-corrected chi connectivity index (χ3v) is 7.39. The summed E-state index contributed by atoms with van der Waals surface area (Å²) in [5.41, 5.74) is 3.73. The van der Waals surface area contributed by atoms with Gasteiger partial charge >= 0.3 is 5.97 Å². The van der Waals surface area contributed by atoms with Crippen molar-refractivity contribution in [2.45, 2.75) is 58.1 Å². The van der Waals surface area contributed by atoms with Gasteiger partial charge in [-0.3, -0.25) is 19.3 Å². The maximum atomic E-state index is 13.3. The molecule has 37 heavy (non-hydrogen) atoms. The Bertz CT molecular complexity index is 1090. The van der Waals surface area contributed by atoms with Crippen LogP contribution in [0.15, 0.2) is 42.5 Å². The van der Waals surface area contributed by atoms with Crippen molar-refractivity contribution in [1.29, 1.82) is 0 Å². The van der Waals surface area contributed by atoms with Gasteiger partial charge in [-0.2, -0.15) is 0 Å². The van der Waals surface area contributed by atoms with Gasteiger partial charge in [0.1, 0.15) is 5.75 Å². The third-order valence-electron chi connectivity index (χ3n) is 7.39. The first-order valence-electron chi connectivity index (χ1n) is 13.3. The lowest BCUT2D eigenvalue weighted by Gasteiger charge is -2.29. The molecule has 1 saturated heterocycles. The molecule has 2 aromatic carbocycles. The Balaban J connectivity index is 1.66. The molecule has 2 aliphatic heterocycles. The van der Waals surface area contributed by atoms with Gasteiger partial charge in [-0.15, -0.1) is 0 Å².